The summed E-state index contributed by atoms with van der Waals surface area (Å²) in [7, 11) is 1.78. The van der Waals surface area contributed by atoms with Crippen LogP contribution >= 0.6 is 15.9 Å². The van der Waals surface area contributed by atoms with Crippen molar-refractivity contribution in [3.63, 3.8) is 0 Å². The molecule has 0 saturated heterocycles. The van der Waals surface area contributed by atoms with Gasteiger partial charge in [0.1, 0.15) is 0 Å². The highest BCUT2D eigenvalue weighted by Crippen LogP contribution is 2.54. The van der Waals surface area contributed by atoms with Gasteiger partial charge in [-0.25, -0.2) is 0 Å². The molecule has 0 N–H and O–H groups in total. The Balaban J connectivity index is 2.23. The van der Waals surface area contributed by atoms with Crippen molar-refractivity contribution in [2.75, 3.05) is 19.0 Å². The van der Waals surface area contributed by atoms with Crippen molar-refractivity contribution in [3.8, 4) is 0 Å². The Bertz CT molecular complexity index is 121. The minimum atomic E-state index is 0.637. The fraction of sp³-hybridized carbons (Fsp3) is 1.00. The average Bonchev–Trinajstić information content (AvgIpc) is 2.80. The van der Waals surface area contributed by atoms with Gasteiger partial charge in [0.25, 0.3) is 0 Å². The Morgan fingerprint density at radius 1 is 1.55 bits per heavy atom. The Labute approximate surface area is 77.6 Å². The third-order valence-corrected chi connectivity index (χ3v) is 4.08. The largest absolute Gasteiger partial charge is 0.385 e. The molecule has 1 nitrogen and oxygen atoms in total. The molecule has 1 saturated carbocycles. The van der Waals surface area contributed by atoms with E-state index in [0.29, 0.717) is 5.41 Å². The molecule has 0 aromatic carbocycles. The highest BCUT2D eigenvalue weighted by Gasteiger charge is 2.45. The predicted octanol–water partition coefficient (Wildman–Crippen LogP) is 2.83. The second kappa shape index (κ2) is 3.90. The molecule has 1 unspecified atom stereocenters. The lowest BCUT2D eigenvalue weighted by Gasteiger charge is -2.20. The number of methoxy groups -OCH3 is 1. The second-order valence-electron chi connectivity index (χ2n) is 3.68. The van der Waals surface area contributed by atoms with Crippen LogP contribution in [-0.2, 0) is 4.74 Å². The highest BCUT2D eigenvalue weighted by molar-refractivity contribution is 9.09. The molecular formula is C9H17BrO. The quantitative estimate of drug-likeness (QED) is 0.648. The van der Waals surface area contributed by atoms with Gasteiger partial charge in [0.05, 0.1) is 0 Å². The summed E-state index contributed by atoms with van der Waals surface area (Å²) in [5, 5.41) is 1.17. The molecule has 1 fully saturated rings. The van der Waals surface area contributed by atoms with Crippen LogP contribution in [0.15, 0.2) is 0 Å². The van der Waals surface area contributed by atoms with Crippen molar-refractivity contribution in [2.24, 2.45) is 11.3 Å². The molecule has 0 radical (unpaired) electrons. The van der Waals surface area contributed by atoms with E-state index >= 15 is 0 Å². The van der Waals surface area contributed by atoms with E-state index < -0.39 is 0 Å². The summed E-state index contributed by atoms with van der Waals surface area (Å²) >= 11 is 3.59. The third kappa shape index (κ3) is 2.19. The van der Waals surface area contributed by atoms with E-state index in [4.69, 9.17) is 4.74 Å². The smallest absolute Gasteiger partial charge is 0.0465 e. The predicted molar refractivity (Wildman–Crippen MR) is 51.1 cm³/mol. The molecule has 0 aliphatic heterocycles. The molecule has 1 aliphatic carbocycles. The van der Waals surface area contributed by atoms with Crippen LogP contribution in [-0.4, -0.2) is 19.0 Å². The van der Waals surface area contributed by atoms with Crippen LogP contribution in [0.2, 0.25) is 0 Å². The first-order chi connectivity index (χ1) is 5.25. The van der Waals surface area contributed by atoms with E-state index in [9.17, 15) is 0 Å². The van der Waals surface area contributed by atoms with Gasteiger partial charge in [0.15, 0.2) is 0 Å². The van der Waals surface area contributed by atoms with Crippen LogP contribution in [0.5, 0.6) is 0 Å². The maximum Gasteiger partial charge on any atom is 0.0465 e. The monoisotopic (exact) mass is 220 g/mol. The van der Waals surface area contributed by atoms with Crippen LogP contribution in [0.4, 0.5) is 0 Å². The third-order valence-electron chi connectivity index (χ3n) is 2.96. The van der Waals surface area contributed by atoms with E-state index in [2.05, 4.69) is 22.9 Å². The Morgan fingerprint density at radius 2 is 2.18 bits per heavy atom. The van der Waals surface area contributed by atoms with Gasteiger partial charge in [-0.2, -0.15) is 0 Å². The first-order valence-electron chi connectivity index (χ1n) is 4.30. The molecule has 1 rings (SSSR count). The van der Waals surface area contributed by atoms with Gasteiger partial charge in [0, 0.05) is 19.0 Å². The molecule has 0 heterocycles. The molecule has 0 aromatic heterocycles. The molecule has 66 valence electrons. The van der Waals surface area contributed by atoms with Crippen molar-refractivity contribution >= 4 is 15.9 Å². The summed E-state index contributed by atoms with van der Waals surface area (Å²) in [6, 6.07) is 0. The van der Waals surface area contributed by atoms with E-state index in [-0.39, 0.29) is 0 Å². The van der Waals surface area contributed by atoms with Crippen molar-refractivity contribution in [1.29, 1.82) is 0 Å². The van der Waals surface area contributed by atoms with Crippen LogP contribution in [0.25, 0.3) is 0 Å². The van der Waals surface area contributed by atoms with Gasteiger partial charge < -0.3 is 4.74 Å². The SMILES string of the molecule is COCCC(C)C1(CBr)CC1. The fourth-order valence-corrected chi connectivity index (χ4v) is 2.63. The summed E-state index contributed by atoms with van der Waals surface area (Å²) in [5.74, 6) is 0.821. The van der Waals surface area contributed by atoms with E-state index in [1.165, 1.54) is 24.6 Å². The van der Waals surface area contributed by atoms with Crippen LogP contribution in [0.1, 0.15) is 26.2 Å². The van der Waals surface area contributed by atoms with Gasteiger partial charge in [-0.05, 0) is 30.6 Å². The average molecular weight is 221 g/mol. The van der Waals surface area contributed by atoms with Crippen molar-refractivity contribution in [1.82, 2.24) is 0 Å². The van der Waals surface area contributed by atoms with Gasteiger partial charge >= 0.3 is 0 Å². The summed E-state index contributed by atoms with van der Waals surface area (Å²) in [6.07, 6.45) is 4.02. The normalized spacial score (nSPS) is 23.2. The Hall–Kier alpha value is 0.440. The number of alkyl halides is 1. The zero-order valence-corrected chi connectivity index (χ0v) is 8.99. The van der Waals surface area contributed by atoms with E-state index in [0.717, 1.165) is 12.5 Å². The molecule has 11 heavy (non-hydrogen) atoms. The first-order valence-corrected chi connectivity index (χ1v) is 5.42. The second-order valence-corrected chi connectivity index (χ2v) is 4.24. The molecule has 1 atom stereocenters. The zero-order chi connectivity index (χ0) is 8.32. The summed E-state index contributed by atoms with van der Waals surface area (Å²) in [4.78, 5) is 0. The number of halogens is 1. The lowest BCUT2D eigenvalue weighted by Crippen LogP contribution is -2.15. The fourth-order valence-electron chi connectivity index (χ4n) is 1.52. The van der Waals surface area contributed by atoms with Crippen molar-refractivity contribution < 1.29 is 4.74 Å². The Morgan fingerprint density at radius 3 is 2.55 bits per heavy atom. The maximum absolute atomic E-state index is 5.06. The number of hydrogen-bond acceptors (Lipinski definition) is 1. The van der Waals surface area contributed by atoms with E-state index in [1.807, 2.05) is 0 Å². The molecule has 0 bridgehead atoms. The highest BCUT2D eigenvalue weighted by atomic mass is 79.9. The summed E-state index contributed by atoms with van der Waals surface area (Å²) in [5.41, 5.74) is 0.637. The zero-order valence-electron chi connectivity index (χ0n) is 7.40. The van der Waals surface area contributed by atoms with Crippen LogP contribution in [0.3, 0.4) is 0 Å². The Kier molecular flexibility index (Phi) is 3.38. The standard InChI is InChI=1S/C9H17BrO/c1-8(3-6-11-2)9(7-10)4-5-9/h8H,3-7H2,1-2H3. The number of ether oxygens (including phenoxy) is 1. The molecule has 0 aromatic rings. The topological polar surface area (TPSA) is 9.23 Å². The van der Waals surface area contributed by atoms with Crippen LogP contribution < -0.4 is 0 Å². The molecule has 2 heteroatoms. The van der Waals surface area contributed by atoms with Gasteiger partial charge in [0.2, 0.25) is 0 Å². The maximum atomic E-state index is 5.06. The minimum absolute atomic E-state index is 0.637. The van der Waals surface area contributed by atoms with Crippen LogP contribution in [0, 0.1) is 11.3 Å². The molecule has 0 amide bonds. The van der Waals surface area contributed by atoms with Crippen molar-refractivity contribution in [3.05, 3.63) is 0 Å². The molecule has 0 spiro atoms. The van der Waals surface area contributed by atoms with Gasteiger partial charge in [-0.1, -0.05) is 22.9 Å². The lowest BCUT2D eigenvalue weighted by atomic mass is 9.90. The lowest BCUT2D eigenvalue weighted by molar-refractivity contribution is 0.164. The number of hydrogen-bond donors (Lipinski definition) is 0. The van der Waals surface area contributed by atoms with Crippen molar-refractivity contribution in [2.45, 2.75) is 26.2 Å². The minimum Gasteiger partial charge on any atom is -0.385 e. The van der Waals surface area contributed by atoms with Gasteiger partial charge in [-0.15, -0.1) is 0 Å². The summed E-state index contributed by atoms with van der Waals surface area (Å²) < 4.78 is 5.06. The summed E-state index contributed by atoms with van der Waals surface area (Å²) in [6.45, 7) is 3.25. The van der Waals surface area contributed by atoms with E-state index in [1.54, 1.807) is 7.11 Å². The molecular weight excluding hydrogens is 204 g/mol. The van der Waals surface area contributed by atoms with Gasteiger partial charge in [-0.3, -0.25) is 0 Å². The first kappa shape index (κ1) is 9.53. The molecule has 1 aliphatic rings. The number of rotatable bonds is 5.